The first-order valence-electron chi connectivity index (χ1n) is 6.61. The average Bonchev–Trinajstić information content (AvgIpc) is 2.55. The molecule has 0 saturated carbocycles. The van der Waals surface area contributed by atoms with Crippen molar-refractivity contribution in [1.82, 2.24) is 0 Å². The molecule has 0 bridgehead atoms. The fraction of sp³-hybridized carbons (Fsp3) is 0.176. The minimum absolute atomic E-state index is 0.484. The minimum atomic E-state index is -0.768. The van der Waals surface area contributed by atoms with Crippen LogP contribution in [-0.2, 0) is 0 Å². The molecule has 0 saturated heterocycles. The first-order valence-corrected chi connectivity index (χ1v) is 6.61. The largest absolute Gasteiger partial charge is 0.493 e. The molecule has 2 aromatic carbocycles. The molecule has 3 rings (SSSR count). The van der Waals surface area contributed by atoms with Crippen molar-refractivity contribution in [3.05, 3.63) is 59.9 Å². The Labute approximate surface area is 123 Å². The second-order valence-corrected chi connectivity index (χ2v) is 4.68. The molecule has 1 heterocycles. The van der Waals surface area contributed by atoms with Gasteiger partial charge in [0.25, 0.3) is 0 Å². The van der Waals surface area contributed by atoms with Crippen LogP contribution in [0.2, 0.25) is 0 Å². The zero-order valence-corrected chi connectivity index (χ0v) is 11.9. The van der Waals surface area contributed by atoms with Gasteiger partial charge >= 0.3 is 0 Å². The van der Waals surface area contributed by atoms with Crippen LogP contribution in [0.4, 0.5) is 0 Å². The standard InChI is InChI=1S/C17H16O4/c1-19-14-9-8-12-15(18)13(11-6-4-3-5-7-11)10-21-16(12)17(14)20-2/h3-10,15,18H,1-2H3. The van der Waals surface area contributed by atoms with Crippen LogP contribution in [0.25, 0.3) is 5.57 Å². The molecule has 0 radical (unpaired) electrons. The van der Waals surface area contributed by atoms with Gasteiger partial charge in [-0.15, -0.1) is 0 Å². The van der Waals surface area contributed by atoms with E-state index < -0.39 is 6.10 Å². The fourth-order valence-electron chi connectivity index (χ4n) is 2.46. The van der Waals surface area contributed by atoms with Gasteiger partial charge in [-0.25, -0.2) is 0 Å². The van der Waals surface area contributed by atoms with E-state index in [4.69, 9.17) is 14.2 Å². The van der Waals surface area contributed by atoms with E-state index in [1.807, 2.05) is 30.3 Å². The maximum Gasteiger partial charge on any atom is 0.204 e. The van der Waals surface area contributed by atoms with Gasteiger partial charge in [0.15, 0.2) is 11.5 Å². The molecule has 1 aliphatic heterocycles. The summed E-state index contributed by atoms with van der Waals surface area (Å²) in [5, 5.41) is 10.6. The predicted molar refractivity (Wildman–Crippen MR) is 79.6 cm³/mol. The highest BCUT2D eigenvalue weighted by molar-refractivity contribution is 5.74. The second kappa shape index (κ2) is 5.50. The number of fused-ring (bicyclic) bond motifs is 1. The zero-order chi connectivity index (χ0) is 14.8. The van der Waals surface area contributed by atoms with E-state index in [1.165, 1.54) is 0 Å². The molecule has 1 atom stereocenters. The molecule has 4 nitrogen and oxygen atoms in total. The lowest BCUT2D eigenvalue weighted by Gasteiger charge is -2.25. The fourth-order valence-corrected chi connectivity index (χ4v) is 2.46. The summed E-state index contributed by atoms with van der Waals surface area (Å²) in [6, 6.07) is 13.2. The number of hydrogen-bond donors (Lipinski definition) is 1. The number of hydrogen-bond acceptors (Lipinski definition) is 4. The van der Waals surface area contributed by atoms with Crippen molar-refractivity contribution in [3.63, 3.8) is 0 Å². The van der Waals surface area contributed by atoms with Crippen LogP contribution >= 0.6 is 0 Å². The van der Waals surface area contributed by atoms with Gasteiger partial charge in [0.2, 0.25) is 5.75 Å². The van der Waals surface area contributed by atoms with Crippen molar-refractivity contribution in [2.45, 2.75) is 6.10 Å². The average molecular weight is 284 g/mol. The molecule has 108 valence electrons. The number of rotatable bonds is 3. The van der Waals surface area contributed by atoms with Crippen LogP contribution in [0.15, 0.2) is 48.7 Å². The van der Waals surface area contributed by atoms with Crippen LogP contribution in [0.3, 0.4) is 0 Å². The van der Waals surface area contributed by atoms with Crippen LogP contribution in [0.1, 0.15) is 17.2 Å². The van der Waals surface area contributed by atoms with Gasteiger partial charge in [-0.3, -0.25) is 0 Å². The Morgan fingerprint density at radius 2 is 1.76 bits per heavy atom. The lowest BCUT2D eigenvalue weighted by atomic mass is 9.94. The molecule has 2 aromatic rings. The maximum atomic E-state index is 10.6. The Kier molecular flexibility index (Phi) is 3.54. The summed E-state index contributed by atoms with van der Waals surface area (Å²) >= 11 is 0. The molecule has 0 spiro atoms. The molecule has 1 aliphatic rings. The van der Waals surface area contributed by atoms with E-state index in [0.717, 1.165) is 11.1 Å². The van der Waals surface area contributed by atoms with Gasteiger partial charge in [0.1, 0.15) is 6.10 Å². The molecule has 1 unspecified atom stereocenters. The Morgan fingerprint density at radius 1 is 1.00 bits per heavy atom. The summed E-state index contributed by atoms with van der Waals surface area (Å²) in [5.74, 6) is 1.54. The first kappa shape index (κ1) is 13.5. The third-order valence-electron chi connectivity index (χ3n) is 3.53. The maximum absolute atomic E-state index is 10.6. The van der Waals surface area contributed by atoms with Gasteiger partial charge in [0, 0.05) is 11.1 Å². The number of methoxy groups -OCH3 is 2. The molecular formula is C17H16O4. The molecule has 4 heteroatoms. The lowest BCUT2D eigenvalue weighted by molar-refractivity contribution is 0.220. The Balaban J connectivity index is 2.06. The van der Waals surface area contributed by atoms with E-state index in [1.54, 1.807) is 32.6 Å². The predicted octanol–water partition coefficient (Wildman–Crippen LogP) is 3.17. The second-order valence-electron chi connectivity index (χ2n) is 4.68. The van der Waals surface area contributed by atoms with Gasteiger partial charge in [-0.2, -0.15) is 0 Å². The molecule has 0 amide bonds. The van der Waals surface area contributed by atoms with Gasteiger partial charge in [-0.1, -0.05) is 30.3 Å². The van der Waals surface area contributed by atoms with Crippen molar-refractivity contribution in [1.29, 1.82) is 0 Å². The Bertz CT molecular complexity index is 677. The molecule has 0 aromatic heterocycles. The van der Waals surface area contributed by atoms with E-state index in [0.29, 0.717) is 22.8 Å². The highest BCUT2D eigenvalue weighted by Gasteiger charge is 2.28. The molecule has 0 aliphatic carbocycles. The minimum Gasteiger partial charge on any atom is -0.493 e. The van der Waals surface area contributed by atoms with Crippen molar-refractivity contribution in [3.8, 4) is 17.2 Å². The summed E-state index contributed by atoms with van der Waals surface area (Å²) in [7, 11) is 3.11. The molecule has 1 N–H and O–H groups in total. The summed E-state index contributed by atoms with van der Waals surface area (Å²) in [6.07, 6.45) is 0.792. The van der Waals surface area contributed by atoms with Crippen molar-refractivity contribution in [2.75, 3.05) is 14.2 Å². The lowest BCUT2D eigenvalue weighted by Crippen LogP contribution is -2.10. The van der Waals surface area contributed by atoms with Gasteiger partial charge < -0.3 is 19.3 Å². The number of benzene rings is 2. The normalized spacial score (nSPS) is 16.5. The highest BCUT2D eigenvalue weighted by Crippen LogP contribution is 2.47. The van der Waals surface area contributed by atoms with Crippen LogP contribution in [0.5, 0.6) is 17.2 Å². The zero-order valence-electron chi connectivity index (χ0n) is 11.9. The SMILES string of the molecule is COc1ccc2c(c1OC)OC=C(c1ccccc1)C2O. The number of aliphatic hydroxyl groups is 1. The third-order valence-corrected chi connectivity index (χ3v) is 3.53. The topological polar surface area (TPSA) is 47.9 Å². The van der Waals surface area contributed by atoms with E-state index >= 15 is 0 Å². The van der Waals surface area contributed by atoms with Crippen LogP contribution < -0.4 is 14.2 Å². The van der Waals surface area contributed by atoms with Crippen LogP contribution in [-0.4, -0.2) is 19.3 Å². The highest BCUT2D eigenvalue weighted by atomic mass is 16.5. The van der Waals surface area contributed by atoms with Crippen molar-refractivity contribution < 1.29 is 19.3 Å². The molecule has 0 fully saturated rings. The monoisotopic (exact) mass is 284 g/mol. The summed E-state index contributed by atoms with van der Waals surface area (Å²) in [4.78, 5) is 0. The van der Waals surface area contributed by atoms with E-state index in [2.05, 4.69) is 0 Å². The van der Waals surface area contributed by atoms with Gasteiger partial charge in [-0.05, 0) is 17.7 Å². The van der Waals surface area contributed by atoms with Crippen molar-refractivity contribution in [2.24, 2.45) is 0 Å². The quantitative estimate of drug-likeness (QED) is 0.940. The summed E-state index contributed by atoms with van der Waals surface area (Å²) in [5.41, 5.74) is 2.30. The summed E-state index contributed by atoms with van der Waals surface area (Å²) in [6.45, 7) is 0. The molecular weight excluding hydrogens is 268 g/mol. The summed E-state index contributed by atoms with van der Waals surface area (Å²) < 4.78 is 16.3. The smallest absolute Gasteiger partial charge is 0.204 e. The Morgan fingerprint density at radius 3 is 2.43 bits per heavy atom. The van der Waals surface area contributed by atoms with E-state index in [-0.39, 0.29) is 0 Å². The van der Waals surface area contributed by atoms with E-state index in [9.17, 15) is 5.11 Å². The van der Waals surface area contributed by atoms with Crippen molar-refractivity contribution >= 4 is 5.57 Å². The Hall–Kier alpha value is -2.46. The third kappa shape index (κ3) is 2.23. The number of ether oxygens (including phenoxy) is 3. The number of aliphatic hydroxyl groups excluding tert-OH is 1. The van der Waals surface area contributed by atoms with Gasteiger partial charge in [0.05, 0.1) is 20.5 Å². The molecule has 21 heavy (non-hydrogen) atoms. The first-order chi connectivity index (χ1) is 10.3. The van der Waals surface area contributed by atoms with Crippen LogP contribution in [0, 0.1) is 0 Å².